The number of carbonyl (C=O) groups excluding carboxylic acids is 1. The number of sulfonamides is 2. The van der Waals surface area contributed by atoms with Crippen LogP contribution in [0.2, 0.25) is 0 Å². The molecule has 0 atom stereocenters. The fraction of sp³-hybridized carbons (Fsp3) is 0.324. The van der Waals surface area contributed by atoms with Crippen LogP contribution >= 0.6 is 0 Å². The summed E-state index contributed by atoms with van der Waals surface area (Å²) >= 11 is 0. The summed E-state index contributed by atoms with van der Waals surface area (Å²) in [7, 11) is -7.36. The molecule has 6 rings (SSSR count). The number of hydrogen-bond donors (Lipinski definition) is 2. The van der Waals surface area contributed by atoms with Crippen LogP contribution in [0, 0.1) is 0 Å². The fourth-order valence-electron chi connectivity index (χ4n) is 6.11. The zero-order valence-electron chi connectivity index (χ0n) is 28.3. The Kier molecular flexibility index (Phi) is 10.9. The van der Waals surface area contributed by atoms with Crippen LogP contribution in [0.5, 0.6) is 0 Å². The molecular weight excluding hydrogens is 675 g/mol. The van der Waals surface area contributed by atoms with Gasteiger partial charge in [-0.1, -0.05) is 48.5 Å². The predicted octanol–water partition coefficient (Wildman–Crippen LogP) is 5.10. The van der Waals surface area contributed by atoms with E-state index >= 15 is 0 Å². The minimum Gasteiger partial charge on any atom is -0.378 e. The maximum absolute atomic E-state index is 13.9. The Labute approximate surface area is 295 Å². The van der Waals surface area contributed by atoms with Crippen molar-refractivity contribution in [3.8, 4) is 11.1 Å². The first-order valence-corrected chi connectivity index (χ1v) is 19.7. The molecule has 2 N–H and O–H groups in total. The Bertz CT molecular complexity index is 1990. The van der Waals surface area contributed by atoms with Crippen molar-refractivity contribution in [1.82, 2.24) is 9.21 Å². The van der Waals surface area contributed by atoms with Gasteiger partial charge in [0.25, 0.3) is 15.9 Å². The van der Waals surface area contributed by atoms with Gasteiger partial charge in [-0.25, -0.2) is 16.8 Å². The van der Waals surface area contributed by atoms with Crippen molar-refractivity contribution in [3.05, 3.63) is 108 Å². The van der Waals surface area contributed by atoms with Gasteiger partial charge in [0.2, 0.25) is 10.0 Å². The number of amides is 1. The van der Waals surface area contributed by atoms with E-state index < -0.39 is 31.2 Å². The van der Waals surface area contributed by atoms with Crippen LogP contribution in [0.4, 0.5) is 17.1 Å². The number of ether oxygens (including phenoxy) is 1. The molecule has 2 heterocycles. The summed E-state index contributed by atoms with van der Waals surface area (Å²) in [6, 6.07) is 28.6. The molecule has 2 aliphatic rings. The molecule has 0 bridgehead atoms. The lowest BCUT2D eigenvalue weighted by Crippen LogP contribution is -2.49. The smallest absolute Gasteiger partial charge is 0.262 e. The number of nitrogens with zero attached hydrogens (tertiary/aromatic N) is 3. The summed E-state index contributed by atoms with van der Waals surface area (Å²) in [4.78, 5) is 17.8. The van der Waals surface area contributed by atoms with Crippen molar-refractivity contribution in [3.63, 3.8) is 0 Å². The molecule has 0 unspecified atom stereocenters. The van der Waals surface area contributed by atoms with Crippen molar-refractivity contribution >= 4 is 43.0 Å². The molecule has 50 heavy (non-hydrogen) atoms. The third-order valence-electron chi connectivity index (χ3n) is 9.02. The van der Waals surface area contributed by atoms with Gasteiger partial charge in [-0.2, -0.15) is 4.31 Å². The number of morpholine rings is 1. The molecule has 13 heteroatoms. The SMILES string of the molecule is CC(C)S(=O)(=O)N1CCN(Cc2ccc(NC(=O)c3ccc(-c4ccccc4)c(S(=O)(=O)Nc4ccc(N5CCOCC5)cc4)c3)cc2)CC1. The van der Waals surface area contributed by atoms with E-state index in [4.69, 9.17) is 4.74 Å². The molecule has 2 saturated heterocycles. The molecule has 11 nitrogen and oxygen atoms in total. The van der Waals surface area contributed by atoms with Crippen LogP contribution in [0.3, 0.4) is 0 Å². The number of piperazine rings is 1. The molecule has 264 valence electrons. The van der Waals surface area contributed by atoms with Crippen molar-refractivity contribution in [2.45, 2.75) is 30.5 Å². The first-order chi connectivity index (χ1) is 24.0. The van der Waals surface area contributed by atoms with Crippen LogP contribution in [-0.4, -0.2) is 89.7 Å². The lowest BCUT2D eigenvalue weighted by atomic mass is 10.0. The summed E-state index contributed by atoms with van der Waals surface area (Å²) in [5.74, 6) is -0.439. The van der Waals surface area contributed by atoms with E-state index in [9.17, 15) is 21.6 Å². The molecular formula is C37H43N5O6S2. The van der Waals surface area contributed by atoms with Crippen molar-refractivity contribution in [2.75, 3.05) is 67.4 Å². The molecule has 1 amide bonds. The van der Waals surface area contributed by atoms with Crippen LogP contribution in [0.25, 0.3) is 11.1 Å². The average Bonchev–Trinajstić information content (AvgIpc) is 3.13. The molecule has 2 fully saturated rings. The van der Waals surface area contributed by atoms with Crippen molar-refractivity contribution in [2.24, 2.45) is 0 Å². The van der Waals surface area contributed by atoms with Gasteiger partial charge in [0.1, 0.15) is 0 Å². The molecule has 0 spiro atoms. The maximum atomic E-state index is 13.9. The number of carbonyl (C=O) groups is 1. The van der Waals surface area contributed by atoms with Crippen LogP contribution in [0.15, 0.2) is 102 Å². The zero-order valence-corrected chi connectivity index (χ0v) is 29.9. The van der Waals surface area contributed by atoms with Gasteiger partial charge in [-0.15, -0.1) is 0 Å². The van der Waals surface area contributed by atoms with Gasteiger partial charge in [-0.3, -0.25) is 14.4 Å². The molecule has 0 saturated carbocycles. The topological polar surface area (TPSA) is 128 Å². The van der Waals surface area contributed by atoms with Gasteiger partial charge in [-0.05, 0) is 73.5 Å². The molecule has 4 aromatic rings. The standard InChI is InChI=1S/C37H43N5O6S2/c1-28(2)50(46,47)42-20-18-40(19-21-42)27-29-8-11-32(12-9-29)38-37(43)31-10-17-35(30-6-4-3-5-7-30)36(26-31)49(44,45)39-33-13-15-34(16-14-33)41-22-24-48-25-23-41/h3-17,26,28,39H,18-25,27H2,1-2H3,(H,38,43). The number of hydrogen-bond acceptors (Lipinski definition) is 8. The molecule has 0 aromatic heterocycles. The minimum atomic E-state index is -4.10. The summed E-state index contributed by atoms with van der Waals surface area (Å²) < 4.78 is 62.5. The summed E-state index contributed by atoms with van der Waals surface area (Å²) in [5, 5.41) is 2.46. The summed E-state index contributed by atoms with van der Waals surface area (Å²) in [6.45, 7) is 9.13. The zero-order chi connectivity index (χ0) is 35.3. The maximum Gasteiger partial charge on any atom is 0.262 e. The van der Waals surface area contributed by atoms with E-state index in [0.29, 0.717) is 68.4 Å². The van der Waals surface area contributed by atoms with Gasteiger partial charge in [0.15, 0.2) is 0 Å². The lowest BCUT2D eigenvalue weighted by molar-refractivity contribution is 0.102. The molecule has 2 aliphatic heterocycles. The number of anilines is 3. The summed E-state index contributed by atoms with van der Waals surface area (Å²) in [5.41, 5.74) is 4.40. The van der Waals surface area contributed by atoms with E-state index in [1.54, 1.807) is 42.4 Å². The van der Waals surface area contributed by atoms with E-state index in [1.165, 1.54) is 6.07 Å². The van der Waals surface area contributed by atoms with E-state index in [0.717, 1.165) is 24.3 Å². The van der Waals surface area contributed by atoms with E-state index in [-0.39, 0.29) is 10.5 Å². The van der Waals surface area contributed by atoms with Crippen molar-refractivity contribution < 1.29 is 26.4 Å². The Hall–Kier alpha value is -4.27. The lowest BCUT2D eigenvalue weighted by Gasteiger charge is -2.34. The van der Waals surface area contributed by atoms with E-state index in [1.807, 2.05) is 66.7 Å². The van der Waals surface area contributed by atoms with Crippen molar-refractivity contribution in [1.29, 1.82) is 0 Å². The highest BCUT2D eigenvalue weighted by atomic mass is 32.2. The second-order valence-corrected chi connectivity index (χ2v) is 16.9. The van der Waals surface area contributed by atoms with Crippen LogP contribution in [-0.2, 0) is 31.3 Å². The largest absolute Gasteiger partial charge is 0.378 e. The molecule has 0 aliphatic carbocycles. The van der Waals surface area contributed by atoms with Crippen LogP contribution in [0.1, 0.15) is 29.8 Å². The first kappa shape index (κ1) is 35.6. The Morgan fingerprint density at radius 3 is 2.04 bits per heavy atom. The highest BCUT2D eigenvalue weighted by Gasteiger charge is 2.29. The number of rotatable bonds is 11. The van der Waals surface area contributed by atoms with Gasteiger partial charge < -0.3 is 15.0 Å². The second-order valence-electron chi connectivity index (χ2n) is 12.7. The van der Waals surface area contributed by atoms with E-state index in [2.05, 4.69) is 19.8 Å². The molecule has 4 aromatic carbocycles. The Balaban J connectivity index is 1.15. The number of benzene rings is 4. The Morgan fingerprint density at radius 1 is 0.760 bits per heavy atom. The normalized spacial score (nSPS) is 16.3. The minimum absolute atomic E-state index is 0.00903. The molecule has 0 radical (unpaired) electrons. The Morgan fingerprint density at radius 2 is 1.40 bits per heavy atom. The highest BCUT2D eigenvalue weighted by Crippen LogP contribution is 2.31. The monoisotopic (exact) mass is 717 g/mol. The second kappa shape index (κ2) is 15.3. The third kappa shape index (κ3) is 8.36. The quantitative estimate of drug-likeness (QED) is 0.220. The highest BCUT2D eigenvalue weighted by molar-refractivity contribution is 7.92. The third-order valence-corrected chi connectivity index (χ3v) is 12.7. The van der Waals surface area contributed by atoms with Gasteiger partial charge in [0, 0.05) is 74.0 Å². The van der Waals surface area contributed by atoms with Crippen LogP contribution < -0.4 is 14.9 Å². The predicted molar refractivity (Wildman–Crippen MR) is 197 cm³/mol. The average molecular weight is 718 g/mol. The summed E-state index contributed by atoms with van der Waals surface area (Å²) in [6.07, 6.45) is 0. The van der Waals surface area contributed by atoms with Gasteiger partial charge in [0.05, 0.1) is 23.4 Å². The number of nitrogens with one attached hydrogen (secondary N) is 2. The first-order valence-electron chi connectivity index (χ1n) is 16.8. The van der Waals surface area contributed by atoms with Gasteiger partial charge >= 0.3 is 0 Å². The fourth-order valence-corrected chi connectivity index (χ4v) is 8.69.